The van der Waals surface area contributed by atoms with Crippen molar-refractivity contribution in [2.75, 3.05) is 18.5 Å². The van der Waals surface area contributed by atoms with Crippen LogP contribution < -0.4 is 10.1 Å². The summed E-state index contributed by atoms with van der Waals surface area (Å²) in [6, 6.07) is 6.34. The third-order valence-corrected chi connectivity index (χ3v) is 2.13. The standard InChI is InChI=1S/C10H13NO/c1-2-8-3-4-9-10(7-8)12-6-5-11-9/h3-4,7,11H,2,5-6H2,1H3. The summed E-state index contributed by atoms with van der Waals surface area (Å²) >= 11 is 0. The molecule has 12 heavy (non-hydrogen) atoms. The lowest BCUT2D eigenvalue weighted by molar-refractivity contribution is 0.323. The van der Waals surface area contributed by atoms with Crippen LogP contribution >= 0.6 is 0 Å². The van der Waals surface area contributed by atoms with Crippen molar-refractivity contribution in [1.29, 1.82) is 0 Å². The average Bonchev–Trinajstić information content (AvgIpc) is 2.17. The van der Waals surface area contributed by atoms with Gasteiger partial charge in [0.1, 0.15) is 12.4 Å². The lowest BCUT2D eigenvalue weighted by Crippen LogP contribution is -2.17. The number of hydrogen-bond donors (Lipinski definition) is 1. The number of nitrogens with one attached hydrogen (secondary N) is 1. The molecule has 0 unspecified atom stereocenters. The summed E-state index contributed by atoms with van der Waals surface area (Å²) in [6.07, 6.45) is 1.07. The highest BCUT2D eigenvalue weighted by Gasteiger charge is 2.08. The number of benzene rings is 1. The first kappa shape index (κ1) is 7.47. The Morgan fingerprint density at radius 3 is 3.25 bits per heavy atom. The summed E-state index contributed by atoms with van der Waals surface area (Å²) < 4.78 is 5.50. The summed E-state index contributed by atoms with van der Waals surface area (Å²) in [5, 5.41) is 3.29. The second-order valence-corrected chi connectivity index (χ2v) is 2.96. The molecule has 0 saturated heterocycles. The first-order chi connectivity index (χ1) is 5.90. The van der Waals surface area contributed by atoms with Crippen LogP contribution in [-0.4, -0.2) is 13.2 Å². The first-order valence-electron chi connectivity index (χ1n) is 4.40. The van der Waals surface area contributed by atoms with Crippen LogP contribution in [-0.2, 0) is 6.42 Å². The van der Waals surface area contributed by atoms with Crippen molar-refractivity contribution < 1.29 is 4.74 Å². The second kappa shape index (κ2) is 3.05. The highest BCUT2D eigenvalue weighted by atomic mass is 16.5. The van der Waals surface area contributed by atoms with Gasteiger partial charge in [-0.25, -0.2) is 0 Å². The molecule has 1 aliphatic rings. The summed E-state index contributed by atoms with van der Waals surface area (Å²) in [6.45, 7) is 3.84. The molecule has 0 atom stereocenters. The van der Waals surface area contributed by atoms with Crippen LogP contribution in [0.5, 0.6) is 5.75 Å². The number of aryl methyl sites for hydroxylation is 1. The zero-order chi connectivity index (χ0) is 8.39. The Balaban J connectivity index is 2.36. The van der Waals surface area contributed by atoms with Gasteiger partial charge in [0.05, 0.1) is 5.69 Å². The highest BCUT2D eigenvalue weighted by Crippen LogP contribution is 2.27. The van der Waals surface area contributed by atoms with E-state index >= 15 is 0 Å². The van der Waals surface area contributed by atoms with Crippen molar-refractivity contribution in [3.63, 3.8) is 0 Å². The van der Waals surface area contributed by atoms with Crippen LogP contribution in [0.3, 0.4) is 0 Å². The summed E-state index contributed by atoms with van der Waals surface area (Å²) in [5.41, 5.74) is 2.45. The van der Waals surface area contributed by atoms with Crippen molar-refractivity contribution in [2.24, 2.45) is 0 Å². The number of anilines is 1. The van der Waals surface area contributed by atoms with Gasteiger partial charge in [-0.15, -0.1) is 0 Å². The fourth-order valence-corrected chi connectivity index (χ4v) is 1.40. The lowest BCUT2D eigenvalue weighted by Gasteiger charge is -2.19. The maximum absolute atomic E-state index is 5.50. The Morgan fingerprint density at radius 2 is 2.42 bits per heavy atom. The minimum absolute atomic E-state index is 0.778. The van der Waals surface area contributed by atoms with E-state index in [-0.39, 0.29) is 0 Å². The van der Waals surface area contributed by atoms with Gasteiger partial charge in [0.25, 0.3) is 0 Å². The number of ether oxygens (including phenoxy) is 1. The quantitative estimate of drug-likeness (QED) is 0.684. The predicted molar refractivity (Wildman–Crippen MR) is 49.8 cm³/mol. The molecule has 1 aromatic rings. The van der Waals surface area contributed by atoms with Crippen LogP contribution in [0, 0.1) is 0 Å². The number of hydrogen-bond acceptors (Lipinski definition) is 2. The van der Waals surface area contributed by atoms with Gasteiger partial charge in [0, 0.05) is 6.54 Å². The lowest BCUT2D eigenvalue weighted by atomic mass is 10.1. The molecule has 0 bridgehead atoms. The second-order valence-electron chi connectivity index (χ2n) is 2.96. The van der Waals surface area contributed by atoms with Crippen molar-refractivity contribution in [3.8, 4) is 5.75 Å². The monoisotopic (exact) mass is 163 g/mol. The molecule has 2 heteroatoms. The Bertz CT molecular complexity index is 283. The minimum atomic E-state index is 0.778. The van der Waals surface area contributed by atoms with E-state index in [1.165, 1.54) is 5.56 Å². The fourth-order valence-electron chi connectivity index (χ4n) is 1.40. The number of fused-ring (bicyclic) bond motifs is 1. The van der Waals surface area contributed by atoms with E-state index in [1.54, 1.807) is 0 Å². The van der Waals surface area contributed by atoms with Crippen molar-refractivity contribution in [3.05, 3.63) is 23.8 Å². The molecule has 0 radical (unpaired) electrons. The molecule has 1 N–H and O–H groups in total. The molecule has 1 heterocycles. The molecule has 2 nitrogen and oxygen atoms in total. The van der Waals surface area contributed by atoms with Crippen molar-refractivity contribution >= 4 is 5.69 Å². The maximum atomic E-state index is 5.50. The summed E-state index contributed by atoms with van der Waals surface area (Å²) in [4.78, 5) is 0. The van der Waals surface area contributed by atoms with E-state index < -0.39 is 0 Å². The van der Waals surface area contributed by atoms with E-state index in [9.17, 15) is 0 Å². The van der Waals surface area contributed by atoms with E-state index in [2.05, 4.69) is 30.4 Å². The molecule has 0 aromatic heterocycles. The van der Waals surface area contributed by atoms with Crippen LogP contribution in [0.1, 0.15) is 12.5 Å². The van der Waals surface area contributed by atoms with Gasteiger partial charge >= 0.3 is 0 Å². The van der Waals surface area contributed by atoms with Crippen molar-refractivity contribution in [2.45, 2.75) is 13.3 Å². The minimum Gasteiger partial charge on any atom is -0.490 e. The third-order valence-electron chi connectivity index (χ3n) is 2.13. The molecule has 0 amide bonds. The molecule has 2 rings (SSSR count). The fraction of sp³-hybridized carbons (Fsp3) is 0.400. The molecule has 0 aliphatic carbocycles. The third kappa shape index (κ3) is 1.24. The first-order valence-corrected chi connectivity index (χ1v) is 4.40. The molecule has 0 fully saturated rings. The maximum Gasteiger partial charge on any atom is 0.142 e. The zero-order valence-corrected chi connectivity index (χ0v) is 7.26. The SMILES string of the molecule is CCc1ccc2c(c1)OCCN2. The van der Waals surface area contributed by atoms with Crippen LogP contribution in [0.4, 0.5) is 5.69 Å². The average molecular weight is 163 g/mol. The van der Waals surface area contributed by atoms with Crippen molar-refractivity contribution in [1.82, 2.24) is 0 Å². The van der Waals surface area contributed by atoms with Crippen LogP contribution in [0.25, 0.3) is 0 Å². The van der Waals surface area contributed by atoms with E-state index in [0.29, 0.717) is 0 Å². The van der Waals surface area contributed by atoms with E-state index in [4.69, 9.17) is 4.74 Å². The molecule has 1 aromatic carbocycles. The Kier molecular flexibility index (Phi) is 1.90. The van der Waals surface area contributed by atoms with Crippen LogP contribution in [0.2, 0.25) is 0 Å². The Hall–Kier alpha value is -1.18. The molecular formula is C10H13NO. The Labute approximate surface area is 72.5 Å². The van der Waals surface area contributed by atoms with Gasteiger partial charge in [0.15, 0.2) is 0 Å². The highest BCUT2D eigenvalue weighted by molar-refractivity contribution is 5.58. The van der Waals surface area contributed by atoms with Crippen LogP contribution in [0.15, 0.2) is 18.2 Å². The molecular weight excluding hydrogens is 150 g/mol. The predicted octanol–water partition coefficient (Wildman–Crippen LogP) is 2.05. The molecule has 64 valence electrons. The van der Waals surface area contributed by atoms with Gasteiger partial charge in [-0.2, -0.15) is 0 Å². The summed E-state index contributed by atoms with van der Waals surface area (Å²) in [5.74, 6) is 1.00. The molecule has 1 aliphatic heterocycles. The smallest absolute Gasteiger partial charge is 0.142 e. The summed E-state index contributed by atoms with van der Waals surface area (Å²) in [7, 11) is 0. The topological polar surface area (TPSA) is 21.3 Å². The van der Waals surface area contributed by atoms with Gasteiger partial charge in [-0.1, -0.05) is 13.0 Å². The normalized spacial score (nSPS) is 14.4. The van der Waals surface area contributed by atoms with Gasteiger partial charge in [0.2, 0.25) is 0 Å². The largest absolute Gasteiger partial charge is 0.490 e. The Morgan fingerprint density at radius 1 is 1.50 bits per heavy atom. The van der Waals surface area contributed by atoms with Gasteiger partial charge < -0.3 is 10.1 Å². The number of rotatable bonds is 1. The molecule has 0 saturated carbocycles. The van der Waals surface area contributed by atoms with E-state index in [1.807, 2.05) is 0 Å². The molecule has 0 spiro atoms. The van der Waals surface area contributed by atoms with E-state index in [0.717, 1.165) is 31.0 Å². The van der Waals surface area contributed by atoms with Gasteiger partial charge in [-0.05, 0) is 24.1 Å². The van der Waals surface area contributed by atoms with Gasteiger partial charge in [-0.3, -0.25) is 0 Å². The zero-order valence-electron chi connectivity index (χ0n) is 7.26.